The Morgan fingerprint density at radius 1 is 1.06 bits per heavy atom. The van der Waals surface area contributed by atoms with Crippen LogP contribution < -0.4 is 10.5 Å². The molecule has 5 rings (SSSR count). The van der Waals surface area contributed by atoms with Gasteiger partial charge in [0.2, 0.25) is 11.9 Å². The number of aromatic nitrogens is 2. The molecule has 0 saturated carbocycles. The number of aromatic amines is 1. The van der Waals surface area contributed by atoms with Crippen molar-refractivity contribution in [2.45, 2.75) is 31.1 Å². The van der Waals surface area contributed by atoms with Gasteiger partial charge >= 0.3 is 0 Å². The zero-order valence-electron chi connectivity index (χ0n) is 17.7. The van der Waals surface area contributed by atoms with E-state index in [0.717, 1.165) is 55.6 Å². The molecule has 1 amide bonds. The summed E-state index contributed by atoms with van der Waals surface area (Å²) in [5.41, 5.74) is 2.72. The minimum atomic E-state index is -0.0927. The Labute approximate surface area is 181 Å². The zero-order chi connectivity index (χ0) is 21.3. The third-order valence-electron chi connectivity index (χ3n) is 6.92. The first-order valence-corrected chi connectivity index (χ1v) is 11.1. The lowest BCUT2D eigenvalue weighted by Gasteiger charge is -2.39. The van der Waals surface area contributed by atoms with Gasteiger partial charge in [-0.2, -0.15) is 0 Å². The van der Waals surface area contributed by atoms with Crippen molar-refractivity contribution in [2.24, 2.45) is 0 Å². The van der Waals surface area contributed by atoms with Crippen molar-refractivity contribution in [1.29, 1.82) is 0 Å². The van der Waals surface area contributed by atoms with Crippen LogP contribution in [0.4, 0.5) is 5.95 Å². The Bertz CT molecular complexity index is 1030. The summed E-state index contributed by atoms with van der Waals surface area (Å²) < 4.78 is 5.43. The molecule has 0 radical (unpaired) electrons. The van der Waals surface area contributed by atoms with Crippen molar-refractivity contribution in [1.82, 2.24) is 14.9 Å². The molecule has 7 nitrogen and oxygen atoms in total. The molecule has 0 bridgehead atoms. The van der Waals surface area contributed by atoms with Crippen LogP contribution in [0, 0.1) is 0 Å². The molecule has 1 aromatic heterocycles. The molecule has 0 atom stereocenters. The Hall–Kier alpha value is -2.93. The number of hydrogen-bond acceptors (Lipinski definition) is 5. The summed E-state index contributed by atoms with van der Waals surface area (Å²) in [6.45, 7) is 4.17. The normalized spacial score (nSPS) is 20.4. The van der Waals surface area contributed by atoms with E-state index in [0.29, 0.717) is 32.3 Å². The minimum absolute atomic E-state index is 0.00679. The summed E-state index contributed by atoms with van der Waals surface area (Å²) in [4.78, 5) is 37.4. The Balaban J connectivity index is 1.31. The predicted octanol–water partition coefficient (Wildman–Crippen LogP) is 2.13. The van der Waals surface area contributed by atoms with E-state index in [4.69, 9.17) is 9.72 Å². The number of benzene rings is 1. The van der Waals surface area contributed by atoms with Crippen LogP contribution >= 0.6 is 0 Å². The minimum Gasteiger partial charge on any atom is -0.378 e. The Kier molecular flexibility index (Phi) is 5.36. The number of carbonyl (C=O) groups excluding carboxylic acids is 1. The average Bonchev–Trinajstić information content (AvgIpc) is 3.17. The van der Waals surface area contributed by atoms with Crippen LogP contribution in [0.15, 0.2) is 41.2 Å². The second kappa shape index (κ2) is 8.30. The molecule has 1 aromatic carbocycles. The number of nitrogens with zero attached hydrogens (tertiary/aromatic N) is 3. The fraction of sp³-hybridized carbons (Fsp3) is 0.458. The average molecular weight is 421 g/mol. The highest BCUT2D eigenvalue weighted by molar-refractivity contribution is 5.91. The number of likely N-dealkylation sites (tertiary alicyclic amines) is 1. The predicted molar refractivity (Wildman–Crippen MR) is 119 cm³/mol. The summed E-state index contributed by atoms with van der Waals surface area (Å²) in [7, 11) is 0. The van der Waals surface area contributed by atoms with Crippen molar-refractivity contribution in [3.8, 4) is 0 Å². The number of fused-ring (bicyclic) bond motifs is 2. The topological polar surface area (TPSA) is 78.5 Å². The van der Waals surface area contributed by atoms with E-state index in [-0.39, 0.29) is 16.9 Å². The maximum atomic E-state index is 12.8. The number of carbonyl (C=O) groups is 1. The molecule has 2 saturated heterocycles. The molecule has 2 aromatic rings. The molecule has 1 aliphatic carbocycles. The van der Waals surface area contributed by atoms with Crippen molar-refractivity contribution in [3.63, 3.8) is 0 Å². The standard InChI is InChI=1S/C24H28N4O3/c29-20(7-6-18-4-2-1-3-5-18)27-12-10-24(11-13-27)9-8-19-21(24)25-23(26-22(19)30)28-14-16-31-17-15-28/h1-7H,8-17H2,(H,25,26,30). The van der Waals surface area contributed by atoms with E-state index >= 15 is 0 Å². The van der Waals surface area contributed by atoms with Crippen LogP contribution in [0.2, 0.25) is 0 Å². The first-order valence-electron chi connectivity index (χ1n) is 11.1. The van der Waals surface area contributed by atoms with Gasteiger partial charge in [0.25, 0.3) is 5.56 Å². The number of hydrogen-bond donors (Lipinski definition) is 1. The van der Waals surface area contributed by atoms with Crippen LogP contribution in [0.5, 0.6) is 0 Å². The maximum Gasteiger partial charge on any atom is 0.255 e. The number of rotatable bonds is 3. The van der Waals surface area contributed by atoms with Gasteiger partial charge in [-0.25, -0.2) is 4.98 Å². The first kappa shape index (κ1) is 20.0. The number of ether oxygens (including phenoxy) is 1. The summed E-state index contributed by atoms with van der Waals surface area (Å²) >= 11 is 0. The molecule has 1 spiro atoms. The van der Waals surface area contributed by atoms with Gasteiger partial charge in [0.05, 0.1) is 18.9 Å². The van der Waals surface area contributed by atoms with E-state index in [1.807, 2.05) is 41.3 Å². The van der Waals surface area contributed by atoms with Crippen molar-refractivity contribution in [3.05, 3.63) is 63.6 Å². The van der Waals surface area contributed by atoms with Gasteiger partial charge in [0, 0.05) is 43.2 Å². The number of piperidine rings is 1. The number of morpholine rings is 1. The molecule has 162 valence electrons. The number of nitrogens with one attached hydrogen (secondary N) is 1. The summed E-state index contributed by atoms with van der Waals surface area (Å²) in [5.74, 6) is 0.711. The highest BCUT2D eigenvalue weighted by Crippen LogP contribution is 2.44. The first-order chi connectivity index (χ1) is 15.1. The van der Waals surface area contributed by atoms with Gasteiger partial charge in [-0.1, -0.05) is 30.3 Å². The second-order valence-corrected chi connectivity index (χ2v) is 8.67. The molecule has 2 fully saturated rings. The zero-order valence-corrected chi connectivity index (χ0v) is 17.7. The summed E-state index contributed by atoms with van der Waals surface area (Å²) in [6, 6.07) is 9.87. The van der Waals surface area contributed by atoms with Crippen LogP contribution in [0.3, 0.4) is 0 Å². The van der Waals surface area contributed by atoms with Gasteiger partial charge in [-0.3, -0.25) is 14.6 Å². The van der Waals surface area contributed by atoms with Gasteiger partial charge in [0.15, 0.2) is 0 Å². The maximum absolute atomic E-state index is 12.8. The van der Waals surface area contributed by atoms with Gasteiger partial charge in [0.1, 0.15) is 0 Å². The highest BCUT2D eigenvalue weighted by Gasteiger charge is 2.44. The van der Waals surface area contributed by atoms with Gasteiger partial charge < -0.3 is 14.5 Å². The molecule has 2 aliphatic heterocycles. The third kappa shape index (κ3) is 3.90. The molecule has 1 N–H and O–H groups in total. The summed E-state index contributed by atoms with van der Waals surface area (Å²) in [6.07, 6.45) is 6.94. The number of anilines is 1. The van der Waals surface area contributed by atoms with Crippen molar-refractivity contribution < 1.29 is 9.53 Å². The van der Waals surface area contributed by atoms with Crippen LogP contribution in [0.25, 0.3) is 6.08 Å². The Morgan fingerprint density at radius 2 is 1.81 bits per heavy atom. The number of H-pyrrole nitrogens is 1. The molecule has 0 unspecified atom stereocenters. The van der Waals surface area contributed by atoms with E-state index in [1.54, 1.807) is 6.08 Å². The molecular formula is C24H28N4O3. The lowest BCUT2D eigenvalue weighted by molar-refractivity contribution is -0.127. The smallest absolute Gasteiger partial charge is 0.255 e. The van der Waals surface area contributed by atoms with E-state index in [2.05, 4.69) is 9.88 Å². The molecule has 7 heteroatoms. The lowest BCUT2D eigenvalue weighted by Crippen LogP contribution is -2.45. The van der Waals surface area contributed by atoms with Gasteiger partial charge in [-0.15, -0.1) is 0 Å². The van der Waals surface area contributed by atoms with Crippen LogP contribution in [-0.4, -0.2) is 60.2 Å². The largest absolute Gasteiger partial charge is 0.378 e. The molecule has 31 heavy (non-hydrogen) atoms. The monoisotopic (exact) mass is 420 g/mol. The third-order valence-corrected chi connectivity index (χ3v) is 6.92. The van der Waals surface area contributed by atoms with E-state index in [9.17, 15) is 9.59 Å². The Morgan fingerprint density at radius 3 is 2.55 bits per heavy atom. The molecular weight excluding hydrogens is 392 g/mol. The fourth-order valence-corrected chi connectivity index (χ4v) is 5.04. The lowest BCUT2D eigenvalue weighted by atomic mass is 9.76. The van der Waals surface area contributed by atoms with Crippen LogP contribution in [0.1, 0.15) is 36.1 Å². The number of amides is 1. The summed E-state index contributed by atoms with van der Waals surface area (Å²) in [5, 5.41) is 0. The quantitative estimate of drug-likeness (QED) is 0.770. The van der Waals surface area contributed by atoms with E-state index in [1.165, 1.54) is 0 Å². The molecule has 3 heterocycles. The second-order valence-electron chi connectivity index (χ2n) is 8.67. The van der Waals surface area contributed by atoms with Crippen molar-refractivity contribution >= 4 is 17.9 Å². The van der Waals surface area contributed by atoms with Crippen molar-refractivity contribution in [2.75, 3.05) is 44.3 Å². The van der Waals surface area contributed by atoms with Crippen LogP contribution in [-0.2, 0) is 21.4 Å². The van der Waals surface area contributed by atoms with E-state index < -0.39 is 0 Å². The van der Waals surface area contributed by atoms with Gasteiger partial charge in [-0.05, 0) is 37.3 Å². The SMILES string of the molecule is O=C(C=Cc1ccccc1)N1CCC2(CCc3c2nc(N2CCOCC2)[nH]c3=O)CC1. The molecule has 3 aliphatic rings. The fourth-order valence-electron chi connectivity index (χ4n) is 5.04. The highest BCUT2D eigenvalue weighted by atomic mass is 16.5.